The number of nitrogens with zero attached hydrogens (tertiary/aromatic N) is 3. The number of anilines is 1. The van der Waals surface area contributed by atoms with Crippen LogP contribution in [0.4, 0.5) is 11.4 Å². The van der Waals surface area contributed by atoms with Crippen LogP contribution < -0.4 is 9.64 Å². The van der Waals surface area contributed by atoms with E-state index in [0.29, 0.717) is 18.7 Å². The maximum absolute atomic E-state index is 11.8. The molecule has 0 aliphatic carbocycles. The van der Waals surface area contributed by atoms with Gasteiger partial charge in [0.2, 0.25) is 0 Å². The first-order valence-corrected chi connectivity index (χ1v) is 10.1. The smallest absolute Gasteiger partial charge is 0.271 e. The van der Waals surface area contributed by atoms with Crippen molar-refractivity contribution < 1.29 is 19.3 Å². The summed E-state index contributed by atoms with van der Waals surface area (Å²) in [6.07, 6.45) is 4.10. The van der Waals surface area contributed by atoms with Crippen molar-refractivity contribution in [2.24, 2.45) is 0 Å². The molecule has 0 saturated heterocycles. The van der Waals surface area contributed by atoms with Crippen LogP contribution in [0.3, 0.4) is 0 Å². The maximum Gasteiger partial charge on any atom is 0.271 e. The Hall–Kier alpha value is -2.93. The van der Waals surface area contributed by atoms with Crippen molar-refractivity contribution in [3.8, 4) is 5.75 Å². The molecule has 2 aliphatic heterocycles. The minimum Gasteiger partial charge on any atom is -0.494 e. The zero-order chi connectivity index (χ0) is 20.4. The molecule has 0 radical (unpaired) electrons. The number of hydrogen-bond acceptors (Lipinski definition) is 5. The Kier molecular flexibility index (Phi) is 5.24. The second-order valence-corrected chi connectivity index (χ2v) is 7.51. The van der Waals surface area contributed by atoms with Crippen LogP contribution in [0.1, 0.15) is 38.2 Å². The molecule has 4 rings (SSSR count). The molecule has 1 unspecified atom stereocenters. The summed E-state index contributed by atoms with van der Waals surface area (Å²) in [7, 11) is 0. The molecule has 1 atom stereocenters. The fourth-order valence-corrected chi connectivity index (χ4v) is 4.30. The highest BCUT2D eigenvalue weighted by molar-refractivity contribution is 5.96. The summed E-state index contributed by atoms with van der Waals surface area (Å²) in [5, 5.41) is 22.8. The van der Waals surface area contributed by atoms with E-state index in [-0.39, 0.29) is 5.69 Å². The van der Waals surface area contributed by atoms with Crippen LogP contribution in [-0.4, -0.2) is 40.1 Å². The van der Waals surface area contributed by atoms with Crippen LogP contribution in [0.5, 0.6) is 5.75 Å². The van der Waals surface area contributed by atoms with Crippen molar-refractivity contribution >= 4 is 17.2 Å². The summed E-state index contributed by atoms with van der Waals surface area (Å²) in [5.74, 6) is 1.93. The molecule has 0 aromatic heterocycles. The van der Waals surface area contributed by atoms with Gasteiger partial charge < -0.3 is 9.84 Å². The molecule has 2 aromatic rings. The normalized spacial score (nSPS) is 21.7. The fraction of sp³-hybridized carbons (Fsp3) is 0.409. The average Bonchev–Trinajstić information content (AvgIpc) is 2.88. The maximum atomic E-state index is 11.8. The van der Waals surface area contributed by atoms with E-state index in [0.717, 1.165) is 49.5 Å². The molecule has 0 spiro atoms. The van der Waals surface area contributed by atoms with Crippen molar-refractivity contribution in [2.75, 3.05) is 24.6 Å². The lowest BCUT2D eigenvalue weighted by Crippen LogP contribution is -2.41. The van der Waals surface area contributed by atoms with Crippen molar-refractivity contribution in [1.29, 1.82) is 0 Å². The fourth-order valence-electron chi connectivity index (χ4n) is 4.30. The number of rotatable bonds is 5. The molecule has 152 valence electrons. The predicted molar refractivity (Wildman–Crippen MR) is 111 cm³/mol. The predicted octanol–water partition coefficient (Wildman–Crippen LogP) is 3.64. The Morgan fingerprint density at radius 3 is 2.52 bits per heavy atom. The Morgan fingerprint density at radius 1 is 1.14 bits per heavy atom. The van der Waals surface area contributed by atoms with Gasteiger partial charge >= 0.3 is 0 Å². The molecule has 2 aromatic carbocycles. The molecule has 2 aliphatic rings. The Balaban J connectivity index is 1.72. The van der Waals surface area contributed by atoms with Crippen molar-refractivity contribution in [3.63, 3.8) is 0 Å². The first kappa shape index (κ1) is 19.4. The third-order valence-corrected chi connectivity index (χ3v) is 5.73. The van der Waals surface area contributed by atoms with Crippen molar-refractivity contribution in [2.45, 2.75) is 38.3 Å². The molecule has 2 heterocycles. The van der Waals surface area contributed by atoms with Crippen LogP contribution in [0.2, 0.25) is 0 Å². The van der Waals surface area contributed by atoms with E-state index in [1.165, 1.54) is 12.1 Å². The molecule has 0 bridgehead atoms. The van der Waals surface area contributed by atoms with Gasteiger partial charge in [-0.3, -0.25) is 10.1 Å². The van der Waals surface area contributed by atoms with Crippen LogP contribution in [0.15, 0.2) is 48.5 Å². The highest BCUT2D eigenvalue weighted by atomic mass is 16.6. The molecular formula is C22H26N3O4+. The topological polar surface area (TPSA) is 78.9 Å². The number of non-ortho nitro benzene ring substituents is 1. The van der Waals surface area contributed by atoms with Crippen LogP contribution in [-0.2, 0) is 5.72 Å². The molecule has 29 heavy (non-hydrogen) atoms. The molecule has 7 heteroatoms. The molecular weight excluding hydrogens is 370 g/mol. The Bertz CT molecular complexity index is 924. The number of benzene rings is 2. The van der Waals surface area contributed by atoms with E-state index >= 15 is 0 Å². The molecule has 0 saturated carbocycles. The third-order valence-electron chi connectivity index (χ3n) is 5.73. The Morgan fingerprint density at radius 2 is 1.86 bits per heavy atom. The first-order valence-electron chi connectivity index (χ1n) is 10.1. The number of aliphatic hydroxyl groups is 1. The van der Waals surface area contributed by atoms with Crippen LogP contribution in [0.25, 0.3) is 0 Å². The second kappa shape index (κ2) is 7.83. The first-order chi connectivity index (χ1) is 14.0. The lowest BCUT2D eigenvalue weighted by Gasteiger charge is -2.23. The van der Waals surface area contributed by atoms with Gasteiger partial charge in [-0.2, -0.15) is 0 Å². The van der Waals surface area contributed by atoms with Gasteiger partial charge in [0, 0.05) is 24.1 Å². The highest BCUT2D eigenvalue weighted by Crippen LogP contribution is 2.36. The number of nitro groups is 1. The lowest BCUT2D eigenvalue weighted by molar-refractivity contribution is -0.658. The van der Waals surface area contributed by atoms with Crippen LogP contribution in [0, 0.1) is 10.1 Å². The van der Waals surface area contributed by atoms with E-state index in [1.54, 1.807) is 12.1 Å². The van der Waals surface area contributed by atoms with Crippen LogP contribution >= 0.6 is 0 Å². The summed E-state index contributed by atoms with van der Waals surface area (Å²) >= 11 is 0. The van der Waals surface area contributed by atoms with Crippen molar-refractivity contribution in [1.82, 2.24) is 0 Å². The van der Waals surface area contributed by atoms with Gasteiger partial charge in [-0.05, 0) is 62.6 Å². The lowest BCUT2D eigenvalue weighted by atomic mass is 10.0. The molecule has 0 fully saturated rings. The summed E-state index contributed by atoms with van der Waals surface area (Å²) < 4.78 is 7.63. The quantitative estimate of drug-likeness (QED) is 0.474. The number of β-amino-alcohol motifs (C(OH)–C–C–N with tert-alkyl or cyclic N) is 1. The van der Waals surface area contributed by atoms with E-state index < -0.39 is 10.6 Å². The molecule has 7 nitrogen and oxygen atoms in total. The monoisotopic (exact) mass is 396 g/mol. The SMILES string of the molecule is CCOc1ccc(N2CC(O)(c3ccc([N+](=O)[O-])cc3)[N+]3=C2CCCCC3)cc1. The van der Waals surface area contributed by atoms with E-state index in [1.807, 2.05) is 31.2 Å². The van der Waals surface area contributed by atoms with Gasteiger partial charge in [0.25, 0.3) is 17.2 Å². The Labute approximate surface area is 170 Å². The zero-order valence-corrected chi connectivity index (χ0v) is 16.6. The average molecular weight is 396 g/mol. The zero-order valence-electron chi connectivity index (χ0n) is 16.6. The summed E-state index contributed by atoms with van der Waals surface area (Å²) in [6.45, 7) is 3.72. The van der Waals surface area contributed by atoms with E-state index in [2.05, 4.69) is 9.48 Å². The van der Waals surface area contributed by atoms with Gasteiger partial charge in [-0.15, -0.1) is 0 Å². The molecule has 1 N–H and O–H groups in total. The minimum absolute atomic E-state index is 0.0267. The van der Waals surface area contributed by atoms with Gasteiger partial charge in [0.05, 0.1) is 18.1 Å². The standard InChI is InChI=1S/C22H26N3O4/c1-2-29-20-13-11-18(12-14-20)23-16-22(26,24-15-5-3-4-6-21(23)24)17-7-9-19(10-8-17)25(27)28/h7-14,26H,2-6,15-16H2,1H3/q+1. The number of hydrogen-bond donors (Lipinski definition) is 1. The van der Waals surface area contributed by atoms with E-state index in [9.17, 15) is 15.2 Å². The largest absolute Gasteiger partial charge is 0.494 e. The highest BCUT2D eigenvalue weighted by Gasteiger charge is 2.52. The molecule has 0 amide bonds. The summed E-state index contributed by atoms with van der Waals surface area (Å²) in [5.41, 5.74) is 0.496. The van der Waals surface area contributed by atoms with Gasteiger partial charge in [-0.1, -0.05) is 0 Å². The van der Waals surface area contributed by atoms with Gasteiger partial charge in [0.15, 0.2) is 6.54 Å². The summed E-state index contributed by atoms with van der Waals surface area (Å²) in [6, 6.07) is 14.2. The summed E-state index contributed by atoms with van der Waals surface area (Å²) in [4.78, 5) is 12.8. The van der Waals surface area contributed by atoms with Gasteiger partial charge in [0.1, 0.15) is 11.4 Å². The third kappa shape index (κ3) is 3.58. The van der Waals surface area contributed by atoms with Crippen molar-refractivity contribution in [3.05, 3.63) is 64.2 Å². The van der Waals surface area contributed by atoms with E-state index in [4.69, 9.17) is 4.74 Å². The van der Waals surface area contributed by atoms with Gasteiger partial charge in [-0.25, -0.2) is 9.48 Å². The number of amidine groups is 1. The number of nitro benzene ring substituents is 1. The number of ether oxygens (including phenoxy) is 1. The second-order valence-electron chi connectivity index (χ2n) is 7.51. The minimum atomic E-state index is -1.21.